The Morgan fingerprint density at radius 1 is 0.840 bits per heavy atom. The number of fused-ring (bicyclic) bond motifs is 3. The van der Waals surface area contributed by atoms with Gasteiger partial charge in [-0.1, -0.05) is 64.7 Å². The third kappa shape index (κ3) is 5.66. The van der Waals surface area contributed by atoms with Gasteiger partial charge in [0.05, 0.1) is 10.0 Å². The van der Waals surface area contributed by atoms with Crippen molar-refractivity contribution in [2.45, 2.75) is 6.42 Å². The molecule has 6 heteroatoms. The minimum absolute atomic E-state index is 0.0548. The zero-order valence-corrected chi connectivity index (χ0v) is 17.5. The summed E-state index contributed by atoms with van der Waals surface area (Å²) in [6.07, 6.45) is 1.05. The Morgan fingerprint density at radius 3 is 2.08 bits per heavy atom. The molecule has 1 nitrogen and oxygen atoms in total. The van der Waals surface area contributed by atoms with E-state index in [4.69, 9.17) is 46.9 Å². The smallest absolute Gasteiger partial charge is 0.0253 e. The largest absolute Gasteiger partial charge is 0.179 e. The van der Waals surface area contributed by atoms with Crippen LogP contribution in [0.5, 0.6) is 5.75 Å². The van der Waals surface area contributed by atoms with Crippen LogP contribution >= 0.6 is 41.8 Å². The van der Waals surface area contributed by atoms with Crippen LogP contribution in [0.1, 0.15) is 11.1 Å². The van der Waals surface area contributed by atoms with Gasteiger partial charge in [-0.2, -0.15) is 29.8 Å². The maximum atomic E-state index is 8.94. The molecule has 3 aromatic rings. The van der Waals surface area contributed by atoms with E-state index in [-0.39, 0.29) is 15.8 Å². The zero-order chi connectivity index (χ0) is 18.2. The third-order valence-corrected chi connectivity index (χ3v) is 4.16. The van der Waals surface area contributed by atoms with Crippen molar-refractivity contribution in [3.05, 3.63) is 87.9 Å². The summed E-state index contributed by atoms with van der Waals surface area (Å²) in [5.74, 6) is -0.0548. The van der Waals surface area contributed by atoms with Gasteiger partial charge in [-0.3, -0.25) is 0 Å². The first kappa shape index (κ1) is 20.6. The van der Waals surface area contributed by atoms with Crippen molar-refractivity contribution >= 4 is 41.8 Å². The molecule has 1 N–H and O–H groups in total. The molecule has 128 valence electrons. The van der Waals surface area contributed by atoms with Gasteiger partial charge in [-0.25, -0.2) is 0 Å². The predicted octanol–water partition coefficient (Wildman–Crippen LogP) is 7.13. The number of hydrogen-bond acceptors (Lipinski definition) is 1. The maximum Gasteiger partial charge on any atom is -0.0253 e. The SMILES string of the molecule is Oc1c(Cl)cccc1Cl.[Cl][Ti][Cl].[c-]1cccc2c1Cc1ccccc1-2. The van der Waals surface area contributed by atoms with Gasteiger partial charge in [0, 0.05) is 0 Å². The minimum Gasteiger partial charge on any atom is -0.179 e. The van der Waals surface area contributed by atoms with Crippen molar-refractivity contribution < 1.29 is 22.1 Å². The first-order chi connectivity index (χ1) is 12.1. The minimum atomic E-state index is -0.556. The number of hydrogen-bond donors (Lipinski definition) is 1. The van der Waals surface area contributed by atoms with Crippen LogP contribution in [0.15, 0.2) is 60.7 Å². The maximum absolute atomic E-state index is 8.94. The van der Waals surface area contributed by atoms with Gasteiger partial charge in [-0.15, -0.1) is 5.56 Å². The summed E-state index contributed by atoms with van der Waals surface area (Å²) in [5.41, 5.74) is 5.51. The van der Waals surface area contributed by atoms with E-state index in [0.717, 1.165) is 6.42 Å². The molecule has 0 saturated heterocycles. The predicted molar refractivity (Wildman–Crippen MR) is 103 cm³/mol. The summed E-state index contributed by atoms with van der Waals surface area (Å²) in [6, 6.07) is 22.9. The molecular weight excluding hydrogens is 434 g/mol. The second kappa shape index (κ2) is 10.5. The van der Waals surface area contributed by atoms with Gasteiger partial charge in [0.15, 0.2) is 5.75 Å². The molecule has 4 rings (SSSR count). The molecule has 0 unspecified atom stereocenters. The zero-order valence-electron chi connectivity index (χ0n) is 12.9. The fraction of sp³-hybridized carbons (Fsp3) is 0.0526. The standard InChI is InChI=1S/C13H9.C6H4Cl2O.2ClH.Ti/c1-3-7-12-10(5-1)9-11-6-2-4-8-13(11)12;7-4-2-1-3-5(8)6(4)9;;;/h1-5,7-8H,9H2;1-3,9H;2*1H;/q-1;;;;+2/p-2. The van der Waals surface area contributed by atoms with Crippen molar-refractivity contribution in [2.24, 2.45) is 0 Å². The van der Waals surface area contributed by atoms with Crippen molar-refractivity contribution in [3.63, 3.8) is 0 Å². The second-order valence-electron chi connectivity index (χ2n) is 5.04. The molecule has 0 aliphatic heterocycles. The molecule has 0 atom stereocenters. The first-order valence-corrected chi connectivity index (χ1v) is 12.3. The molecule has 0 fully saturated rings. The Kier molecular flexibility index (Phi) is 8.65. The monoisotopic (exact) mass is 445 g/mol. The Hall–Kier alpha value is -0.666. The third-order valence-electron chi connectivity index (χ3n) is 3.55. The van der Waals surface area contributed by atoms with Crippen LogP contribution in [0.25, 0.3) is 11.1 Å². The summed E-state index contributed by atoms with van der Waals surface area (Å²) in [7, 11) is 9.78. The van der Waals surface area contributed by atoms with Crippen LogP contribution in [0.4, 0.5) is 0 Å². The van der Waals surface area contributed by atoms with Gasteiger partial charge in [0.2, 0.25) is 0 Å². The van der Waals surface area contributed by atoms with Crippen LogP contribution in [0.2, 0.25) is 10.0 Å². The molecule has 0 saturated carbocycles. The van der Waals surface area contributed by atoms with Gasteiger partial charge < -0.3 is 5.11 Å². The molecule has 0 radical (unpaired) electrons. The molecule has 1 aliphatic rings. The van der Waals surface area contributed by atoms with Crippen molar-refractivity contribution in [1.29, 1.82) is 0 Å². The molecular formula is C19H13Cl4OTi-. The molecule has 0 amide bonds. The van der Waals surface area contributed by atoms with E-state index in [1.807, 2.05) is 6.07 Å². The van der Waals surface area contributed by atoms with E-state index in [2.05, 4.69) is 42.5 Å². The Balaban J connectivity index is 0.000000165. The number of phenolic OH excluding ortho intramolecular Hbond substituents is 1. The van der Waals surface area contributed by atoms with Gasteiger partial charge in [0.25, 0.3) is 0 Å². The number of aromatic hydroxyl groups is 1. The Morgan fingerprint density at radius 2 is 1.44 bits per heavy atom. The Bertz CT molecular complexity index is 775. The summed E-state index contributed by atoms with van der Waals surface area (Å²) in [4.78, 5) is 0. The molecule has 0 bridgehead atoms. The van der Waals surface area contributed by atoms with E-state index in [9.17, 15) is 0 Å². The Labute approximate surface area is 174 Å². The summed E-state index contributed by atoms with van der Waals surface area (Å²) in [6.45, 7) is 0. The fourth-order valence-corrected chi connectivity index (χ4v) is 2.88. The molecule has 3 aromatic carbocycles. The molecule has 0 spiro atoms. The number of phenols is 1. The van der Waals surface area contributed by atoms with Crippen LogP contribution in [0.3, 0.4) is 0 Å². The molecule has 25 heavy (non-hydrogen) atoms. The van der Waals surface area contributed by atoms with Crippen LogP contribution in [0, 0.1) is 6.07 Å². The van der Waals surface area contributed by atoms with E-state index >= 15 is 0 Å². The van der Waals surface area contributed by atoms with Gasteiger partial charge in [-0.05, 0) is 18.6 Å². The van der Waals surface area contributed by atoms with E-state index in [1.165, 1.54) is 22.3 Å². The van der Waals surface area contributed by atoms with Crippen molar-refractivity contribution in [1.82, 2.24) is 0 Å². The number of halogens is 4. The average molecular weight is 447 g/mol. The second-order valence-corrected chi connectivity index (χ2v) is 8.43. The van der Waals surface area contributed by atoms with Crippen LogP contribution in [-0.4, -0.2) is 5.11 Å². The number of para-hydroxylation sites is 1. The summed E-state index contributed by atoms with van der Waals surface area (Å²) < 4.78 is 0. The topological polar surface area (TPSA) is 20.2 Å². The first-order valence-electron chi connectivity index (χ1n) is 7.25. The summed E-state index contributed by atoms with van der Waals surface area (Å²) in [5, 5.41) is 9.50. The van der Waals surface area contributed by atoms with E-state index < -0.39 is 17.0 Å². The van der Waals surface area contributed by atoms with Crippen LogP contribution < -0.4 is 0 Å². The fourth-order valence-electron chi connectivity index (χ4n) is 2.49. The number of rotatable bonds is 0. The van der Waals surface area contributed by atoms with Crippen LogP contribution in [-0.2, 0) is 23.5 Å². The van der Waals surface area contributed by atoms with Crippen molar-refractivity contribution in [3.8, 4) is 16.9 Å². The van der Waals surface area contributed by atoms with E-state index in [1.54, 1.807) is 18.2 Å². The summed E-state index contributed by atoms with van der Waals surface area (Å²) >= 11 is 10.4. The van der Waals surface area contributed by atoms with Gasteiger partial charge in [0.1, 0.15) is 0 Å². The molecule has 1 aliphatic carbocycles. The normalized spacial score (nSPS) is 10.4. The number of benzene rings is 3. The quantitative estimate of drug-likeness (QED) is 0.225. The molecule has 0 heterocycles. The van der Waals surface area contributed by atoms with Crippen molar-refractivity contribution in [2.75, 3.05) is 0 Å². The molecule has 0 aromatic heterocycles. The van der Waals surface area contributed by atoms with E-state index in [0.29, 0.717) is 0 Å². The van der Waals surface area contributed by atoms with Gasteiger partial charge >= 0.3 is 35.6 Å². The average Bonchev–Trinajstić information content (AvgIpc) is 3.00.